The largest absolute Gasteiger partial charge is 0.490 e. The first-order chi connectivity index (χ1) is 8.67. The van der Waals surface area contributed by atoms with Gasteiger partial charge in [0, 0.05) is 18.5 Å². The van der Waals surface area contributed by atoms with Crippen molar-refractivity contribution in [3.63, 3.8) is 0 Å². The number of hydrogen-bond acceptors (Lipinski definition) is 4. The average Bonchev–Trinajstić information content (AvgIpc) is 2.64. The molecule has 1 atom stereocenters. The molecule has 1 aliphatic rings. The van der Waals surface area contributed by atoms with Gasteiger partial charge in [-0.25, -0.2) is 13.1 Å². The third-order valence-electron chi connectivity index (χ3n) is 2.90. The van der Waals surface area contributed by atoms with Crippen molar-refractivity contribution >= 4 is 10.0 Å². The van der Waals surface area contributed by atoms with Crippen LogP contribution in [0.3, 0.4) is 0 Å². The highest BCUT2D eigenvalue weighted by molar-refractivity contribution is 7.89. The third-order valence-corrected chi connectivity index (χ3v) is 4.29. The van der Waals surface area contributed by atoms with Crippen LogP contribution < -0.4 is 15.2 Å². The Labute approximate surface area is 114 Å². The normalized spacial score (nSPS) is 19.1. The average molecular weight is 284 g/mol. The second-order valence-electron chi connectivity index (χ2n) is 5.72. The van der Waals surface area contributed by atoms with Crippen LogP contribution in [-0.2, 0) is 16.4 Å². The fourth-order valence-electron chi connectivity index (χ4n) is 1.93. The van der Waals surface area contributed by atoms with Gasteiger partial charge in [-0.05, 0) is 44.5 Å². The fourth-order valence-corrected chi connectivity index (χ4v) is 3.20. The molecule has 106 valence electrons. The van der Waals surface area contributed by atoms with Gasteiger partial charge in [-0.15, -0.1) is 0 Å². The van der Waals surface area contributed by atoms with Crippen LogP contribution in [0.1, 0.15) is 26.3 Å². The van der Waals surface area contributed by atoms with E-state index in [1.165, 1.54) is 0 Å². The number of sulfonamides is 1. The first-order valence-electron chi connectivity index (χ1n) is 6.25. The van der Waals surface area contributed by atoms with E-state index in [1.807, 2.05) is 6.92 Å². The van der Waals surface area contributed by atoms with Gasteiger partial charge in [-0.2, -0.15) is 0 Å². The van der Waals surface area contributed by atoms with E-state index in [-0.39, 0.29) is 17.5 Å². The van der Waals surface area contributed by atoms with Crippen LogP contribution >= 0.6 is 0 Å². The molecule has 0 fully saturated rings. The molecule has 0 amide bonds. The first-order valence-corrected chi connectivity index (χ1v) is 7.74. The molecular formula is C13H20N2O3S. The van der Waals surface area contributed by atoms with Gasteiger partial charge >= 0.3 is 0 Å². The van der Waals surface area contributed by atoms with Crippen LogP contribution in [-0.4, -0.2) is 26.6 Å². The minimum Gasteiger partial charge on any atom is -0.490 e. The van der Waals surface area contributed by atoms with E-state index in [0.717, 1.165) is 17.7 Å². The minimum atomic E-state index is -3.52. The molecule has 0 aliphatic carbocycles. The van der Waals surface area contributed by atoms with Crippen molar-refractivity contribution in [1.29, 1.82) is 0 Å². The number of benzene rings is 1. The predicted octanol–water partition coefficient (Wildman–Crippen LogP) is 1.03. The Bertz CT molecular complexity index is 576. The molecule has 3 N–H and O–H groups in total. The van der Waals surface area contributed by atoms with E-state index in [0.29, 0.717) is 0 Å². The SMILES string of the molecule is C[C@@H]1Cc2cc(S(=O)(=O)NCC(C)(C)N)ccc2O1. The first kappa shape index (κ1) is 14.3. The quantitative estimate of drug-likeness (QED) is 0.865. The minimum absolute atomic E-state index is 0.101. The molecule has 0 spiro atoms. The predicted molar refractivity (Wildman–Crippen MR) is 73.7 cm³/mol. The topological polar surface area (TPSA) is 81.4 Å². The van der Waals surface area contributed by atoms with Crippen LogP contribution in [0.15, 0.2) is 23.1 Å². The van der Waals surface area contributed by atoms with Crippen LogP contribution in [0.4, 0.5) is 0 Å². The van der Waals surface area contributed by atoms with E-state index in [1.54, 1.807) is 32.0 Å². The number of hydrogen-bond donors (Lipinski definition) is 2. The standard InChI is InChI=1S/C13H20N2O3S/c1-9-6-10-7-11(4-5-12(10)18-9)19(16,17)15-8-13(2,3)14/h4-5,7,9,15H,6,8,14H2,1-3H3/t9-/m1/s1. The highest BCUT2D eigenvalue weighted by atomic mass is 32.2. The smallest absolute Gasteiger partial charge is 0.240 e. The lowest BCUT2D eigenvalue weighted by molar-refractivity contribution is 0.254. The molecule has 0 saturated carbocycles. The zero-order valence-corrected chi connectivity index (χ0v) is 12.3. The van der Waals surface area contributed by atoms with Crippen LogP contribution in [0.25, 0.3) is 0 Å². The molecule has 2 rings (SSSR count). The van der Waals surface area contributed by atoms with Crippen molar-refractivity contribution in [2.45, 2.75) is 43.7 Å². The Morgan fingerprint density at radius 2 is 2.16 bits per heavy atom. The molecule has 1 aliphatic heterocycles. The summed E-state index contributed by atoms with van der Waals surface area (Å²) in [5.74, 6) is 0.769. The summed E-state index contributed by atoms with van der Waals surface area (Å²) in [5.41, 5.74) is 6.13. The van der Waals surface area contributed by atoms with E-state index in [9.17, 15) is 8.42 Å². The van der Waals surface area contributed by atoms with Crippen molar-refractivity contribution < 1.29 is 13.2 Å². The molecule has 5 nitrogen and oxygen atoms in total. The molecule has 6 heteroatoms. The van der Waals surface area contributed by atoms with Gasteiger partial charge < -0.3 is 10.5 Å². The Hall–Kier alpha value is -1.11. The Morgan fingerprint density at radius 3 is 2.79 bits per heavy atom. The molecule has 0 radical (unpaired) electrons. The highest BCUT2D eigenvalue weighted by Gasteiger charge is 2.23. The Balaban J connectivity index is 2.20. The van der Waals surface area contributed by atoms with Gasteiger partial charge in [0.2, 0.25) is 10.0 Å². The number of nitrogens with one attached hydrogen (secondary N) is 1. The molecule has 1 heterocycles. The summed E-state index contributed by atoms with van der Waals surface area (Å²) in [5, 5.41) is 0. The van der Waals surface area contributed by atoms with Gasteiger partial charge in [0.1, 0.15) is 11.9 Å². The van der Waals surface area contributed by atoms with Gasteiger partial charge in [0.25, 0.3) is 0 Å². The lowest BCUT2D eigenvalue weighted by Crippen LogP contribution is -2.45. The second kappa shape index (κ2) is 4.77. The lowest BCUT2D eigenvalue weighted by atomic mass is 10.1. The van der Waals surface area contributed by atoms with Crippen molar-refractivity contribution in [3.8, 4) is 5.75 Å². The van der Waals surface area contributed by atoms with Gasteiger partial charge in [-0.3, -0.25) is 0 Å². The third kappa shape index (κ3) is 3.46. The zero-order valence-electron chi connectivity index (χ0n) is 11.4. The summed E-state index contributed by atoms with van der Waals surface area (Å²) < 4.78 is 32.4. The molecule has 19 heavy (non-hydrogen) atoms. The summed E-state index contributed by atoms with van der Waals surface area (Å²) in [6.45, 7) is 5.70. The number of rotatable bonds is 4. The van der Waals surface area contributed by atoms with Gasteiger partial charge in [0.05, 0.1) is 4.90 Å². The Kier molecular flexibility index (Phi) is 3.59. The lowest BCUT2D eigenvalue weighted by Gasteiger charge is -2.19. The van der Waals surface area contributed by atoms with E-state index >= 15 is 0 Å². The summed E-state index contributed by atoms with van der Waals surface area (Å²) in [6, 6.07) is 4.94. The number of nitrogens with two attached hydrogens (primary N) is 1. The van der Waals surface area contributed by atoms with Crippen LogP contribution in [0.2, 0.25) is 0 Å². The van der Waals surface area contributed by atoms with Gasteiger partial charge in [0.15, 0.2) is 0 Å². The van der Waals surface area contributed by atoms with E-state index in [2.05, 4.69) is 4.72 Å². The monoisotopic (exact) mass is 284 g/mol. The number of ether oxygens (including phenoxy) is 1. The Morgan fingerprint density at radius 1 is 1.47 bits per heavy atom. The zero-order chi connectivity index (χ0) is 14.3. The molecule has 1 aromatic carbocycles. The summed E-state index contributed by atoms with van der Waals surface area (Å²) >= 11 is 0. The van der Waals surface area contributed by atoms with Crippen molar-refractivity contribution in [3.05, 3.63) is 23.8 Å². The van der Waals surface area contributed by atoms with E-state index in [4.69, 9.17) is 10.5 Å². The maximum absolute atomic E-state index is 12.2. The molecule has 1 aromatic rings. The van der Waals surface area contributed by atoms with Crippen molar-refractivity contribution in [2.24, 2.45) is 5.73 Å². The molecule has 0 bridgehead atoms. The molecule has 0 unspecified atom stereocenters. The maximum Gasteiger partial charge on any atom is 0.240 e. The molecule has 0 aromatic heterocycles. The summed E-state index contributed by atoms with van der Waals surface area (Å²) in [4.78, 5) is 0.258. The fraction of sp³-hybridized carbons (Fsp3) is 0.538. The number of fused-ring (bicyclic) bond motifs is 1. The summed E-state index contributed by atoms with van der Waals surface area (Å²) in [6.07, 6.45) is 0.838. The maximum atomic E-state index is 12.2. The van der Waals surface area contributed by atoms with Crippen LogP contribution in [0, 0.1) is 0 Å². The van der Waals surface area contributed by atoms with Crippen molar-refractivity contribution in [2.75, 3.05) is 6.54 Å². The molecule has 0 saturated heterocycles. The van der Waals surface area contributed by atoms with E-state index < -0.39 is 15.6 Å². The second-order valence-corrected chi connectivity index (χ2v) is 7.48. The van der Waals surface area contributed by atoms with Gasteiger partial charge in [-0.1, -0.05) is 0 Å². The summed E-state index contributed by atoms with van der Waals surface area (Å²) in [7, 11) is -3.52. The molecular weight excluding hydrogens is 264 g/mol. The van der Waals surface area contributed by atoms with Crippen LogP contribution in [0.5, 0.6) is 5.75 Å². The highest BCUT2D eigenvalue weighted by Crippen LogP contribution is 2.30. The van der Waals surface area contributed by atoms with Crippen molar-refractivity contribution in [1.82, 2.24) is 4.72 Å².